The van der Waals surface area contributed by atoms with Gasteiger partial charge in [-0.25, -0.2) is 24.0 Å². The van der Waals surface area contributed by atoms with Gasteiger partial charge in [-0.3, -0.25) is 43.5 Å². The van der Waals surface area contributed by atoms with Crippen molar-refractivity contribution in [3.05, 3.63) is 251 Å². The van der Waals surface area contributed by atoms with Gasteiger partial charge in [-0.05, 0) is 139 Å². The fourth-order valence-electron chi connectivity index (χ4n) is 11.5. The van der Waals surface area contributed by atoms with Gasteiger partial charge in [-0.2, -0.15) is 0 Å². The smallest absolute Gasteiger partial charge is 0.410 e. The highest BCUT2D eigenvalue weighted by molar-refractivity contribution is 6.71. The number of carboxylic acids is 2. The van der Waals surface area contributed by atoms with Gasteiger partial charge in [0.2, 0.25) is 37.2 Å². The molecule has 7 aromatic carbocycles. The summed E-state index contributed by atoms with van der Waals surface area (Å²) in [6.45, 7) is 27.1. The monoisotopic (exact) mass is 1660 g/mol. The number of aliphatic carboxylic acids is 2. The number of hydrogen-bond acceptors (Lipinski definition) is 15. The summed E-state index contributed by atoms with van der Waals surface area (Å²) < 4.78 is 22.2. The molecule has 26 heteroatoms. The Morgan fingerprint density at radius 1 is 0.347 bits per heavy atom. The number of carbonyl (C=O) groups excluding carboxylic acids is 9. The van der Waals surface area contributed by atoms with E-state index in [2.05, 4.69) is 10.6 Å². The maximum Gasteiger partial charge on any atom is 0.410 e. The van der Waals surface area contributed by atoms with E-state index in [1.165, 1.54) is 47.8 Å². The Morgan fingerprint density at radius 2 is 0.576 bits per heavy atom. The van der Waals surface area contributed by atoms with E-state index in [0.29, 0.717) is 0 Å². The molecule has 0 radical (unpaired) electrons. The SMILES string of the molecule is CCC(C)(C)C(=O)Cl.CN(C(=O)OC(C)(C)C)[C@@H](Cc1ccccc1)C(=O)N(C)[C@@H](Cc1ccccc1)C(=O)N[C@@H](Cc1ccccc1)C(=O)O.CN(C(=O)OC(C)(C)C)[C@@H](Cc1ccccc1)C(=O)N(C)[C@@H](Cc1ccccc1)C(=O)N[C@@H](Cc1ccccc1)C(=O)O[Si](C)(C)C.CN(C(=O)OC(C)(C)C)[C@@H](Cc1ccccc1)C(=O)O. The Bertz CT molecular complexity index is 4340. The van der Waals surface area contributed by atoms with Crippen LogP contribution in [0.1, 0.15) is 128 Å². The van der Waals surface area contributed by atoms with Gasteiger partial charge in [0.15, 0.2) is 0 Å². The molecule has 7 rings (SSSR count). The van der Waals surface area contributed by atoms with Crippen molar-refractivity contribution in [1.82, 2.24) is 35.1 Å². The summed E-state index contributed by atoms with van der Waals surface area (Å²) >= 11 is 5.23. The van der Waals surface area contributed by atoms with Crippen molar-refractivity contribution < 1.29 is 81.6 Å². The van der Waals surface area contributed by atoms with Crippen molar-refractivity contribution in [2.75, 3.05) is 35.2 Å². The molecule has 7 atom stereocenters. The van der Waals surface area contributed by atoms with Crippen molar-refractivity contribution >= 4 is 85.0 Å². The van der Waals surface area contributed by atoms with Crippen LogP contribution in [0.4, 0.5) is 14.4 Å². The van der Waals surface area contributed by atoms with Crippen LogP contribution in [0.25, 0.3) is 0 Å². The van der Waals surface area contributed by atoms with Crippen LogP contribution in [0.3, 0.4) is 0 Å². The minimum atomic E-state index is -2.29. The Balaban J connectivity index is 0.000000377. The van der Waals surface area contributed by atoms with E-state index >= 15 is 0 Å². The molecular weight excluding hydrogens is 1540 g/mol. The van der Waals surface area contributed by atoms with Crippen LogP contribution in [-0.4, -0.2) is 202 Å². The average molecular weight is 1660 g/mol. The lowest BCUT2D eigenvalue weighted by atomic mass is 9.92. The first-order valence-corrected chi connectivity index (χ1v) is 43.1. The third-order valence-corrected chi connectivity index (χ3v) is 19.8. The Labute approximate surface area is 703 Å². The number of likely N-dealkylation sites (N-methyl/N-ethyl adjacent to an activating group) is 5. The second-order valence-electron chi connectivity index (χ2n) is 33.4. The molecule has 0 unspecified atom stereocenters. The van der Waals surface area contributed by atoms with Crippen LogP contribution in [0.5, 0.6) is 0 Å². The molecule has 0 spiro atoms. The zero-order chi connectivity index (χ0) is 88.5. The summed E-state index contributed by atoms with van der Waals surface area (Å²) in [6.07, 6.45) is 0.102. The number of hydrogen-bond donors (Lipinski definition) is 4. The number of carbonyl (C=O) groups is 11. The van der Waals surface area contributed by atoms with E-state index < -0.39 is 127 Å². The fourth-order valence-corrected chi connectivity index (χ4v) is 12.3. The van der Waals surface area contributed by atoms with Gasteiger partial charge in [0.1, 0.15) is 59.1 Å². The highest BCUT2D eigenvalue weighted by atomic mass is 35.5. The zero-order valence-corrected chi connectivity index (χ0v) is 73.8. The predicted octanol–water partition coefficient (Wildman–Crippen LogP) is 14.7. The highest BCUT2D eigenvalue weighted by Gasteiger charge is 2.41. The number of ether oxygens (including phenoxy) is 3. The Hall–Kier alpha value is -11.2. The minimum absolute atomic E-state index is 0.0790. The molecular formula is C92H122ClN7O17Si. The largest absolute Gasteiger partial charge is 0.518 e. The van der Waals surface area contributed by atoms with E-state index in [4.69, 9.17) is 30.2 Å². The first-order chi connectivity index (χ1) is 55.1. The van der Waals surface area contributed by atoms with Crippen molar-refractivity contribution in [2.45, 2.75) is 213 Å². The van der Waals surface area contributed by atoms with Crippen molar-refractivity contribution in [1.29, 1.82) is 0 Å². The molecule has 638 valence electrons. The maximum absolute atomic E-state index is 14.4. The molecule has 24 nitrogen and oxygen atoms in total. The second-order valence-corrected chi connectivity index (χ2v) is 38.2. The molecule has 0 saturated heterocycles. The van der Waals surface area contributed by atoms with Gasteiger partial charge < -0.3 is 49.3 Å². The molecule has 0 aromatic heterocycles. The second kappa shape index (κ2) is 46.7. The summed E-state index contributed by atoms with van der Waals surface area (Å²) in [5.74, 6) is -4.79. The molecule has 0 fully saturated rings. The number of amides is 7. The van der Waals surface area contributed by atoms with E-state index in [1.807, 2.05) is 228 Å². The topological polar surface area (TPSA) is 305 Å². The minimum Gasteiger partial charge on any atom is -0.518 e. The molecule has 0 aliphatic rings. The lowest BCUT2D eigenvalue weighted by Gasteiger charge is -2.35. The Morgan fingerprint density at radius 3 is 0.797 bits per heavy atom. The lowest BCUT2D eigenvalue weighted by molar-refractivity contribution is -0.145. The van der Waals surface area contributed by atoms with Gasteiger partial charge in [0.05, 0.1) is 0 Å². The summed E-state index contributed by atoms with van der Waals surface area (Å²) in [7, 11) is 5.25. The summed E-state index contributed by atoms with van der Waals surface area (Å²) in [4.78, 5) is 149. The van der Waals surface area contributed by atoms with Crippen LogP contribution < -0.4 is 10.6 Å². The third-order valence-electron chi connectivity index (χ3n) is 18.5. The van der Waals surface area contributed by atoms with Gasteiger partial charge in [0, 0.05) is 85.6 Å². The number of benzene rings is 7. The van der Waals surface area contributed by atoms with Crippen molar-refractivity contribution in [3.63, 3.8) is 0 Å². The van der Waals surface area contributed by atoms with Crippen LogP contribution in [0, 0.1) is 5.41 Å². The fraction of sp³-hybridized carbons (Fsp3) is 0.424. The van der Waals surface area contributed by atoms with Gasteiger partial charge in [-0.15, -0.1) is 0 Å². The molecule has 0 aliphatic heterocycles. The molecule has 7 amide bonds. The predicted molar refractivity (Wildman–Crippen MR) is 461 cm³/mol. The number of nitrogens with one attached hydrogen (secondary N) is 2. The summed E-state index contributed by atoms with van der Waals surface area (Å²) in [5, 5.41) is 24.6. The van der Waals surface area contributed by atoms with E-state index in [0.717, 1.165) is 50.3 Å². The number of nitrogens with zero attached hydrogens (tertiary/aromatic N) is 5. The number of rotatable bonds is 31. The molecule has 4 N–H and O–H groups in total. The first kappa shape index (κ1) is 99.2. The number of carboxylic acid groups (broad SMARTS) is 2. The highest BCUT2D eigenvalue weighted by Crippen LogP contribution is 2.25. The van der Waals surface area contributed by atoms with E-state index in [-0.39, 0.29) is 55.6 Å². The molecule has 0 saturated carbocycles. The molecule has 7 aromatic rings. The van der Waals surface area contributed by atoms with Crippen LogP contribution in [-0.2, 0) is 102 Å². The molecule has 0 heterocycles. The van der Waals surface area contributed by atoms with Crippen LogP contribution in [0.2, 0.25) is 19.6 Å². The van der Waals surface area contributed by atoms with E-state index in [9.17, 15) is 63.0 Å². The summed E-state index contributed by atoms with van der Waals surface area (Å²) in [5.41, 5.74) is 3.21. The van der Waals surface area contributed by atoms with Gasteiger partial charge in [-0.1, -0.05) is 233 Å². The van der Waals surface area contributed by atoms with Crippen LogP contribution in [0.15, 0.2) is 212 Å². The average Bonchev–Trinajstić information content (AvgIpc) is 0.814. The normalized spacial score (nSPS) is 13.1. The van der Waals surface area contributed by atoms with E-state index in [1.54, 1.807) is 93.6 Å². The maximum atomic E-state index is 14.4. The van der Waals surface area contributed by atoms with Gasteiger partial charge in [0.25, 0.3) is 0 Å². The first-order valence-electron chi connectivity index (χ1n) is 39.3. The standard InChI is InChI=1S/C37H49N3O6Si.C34H41N3O6.C15H21NO4.C6H11ClO/c1-37(2,3)45-36(44)40(5)32(26-29-22-16-11-17-23-29)34(42)39(4)31(25-28-20-14-10-15-21-28)33(41)38-30(35(43)46-47(6,7)8)24-27-18-12-9-13-19-27;1-34(2,3)43-33(42)37(5)29(23-26-19-13-8-14-20-26)31(39)36(4)28(22-25-17-11-7-12-18-25)30(38)35-27(32(40)41)21-24-15-9-6-10-16-24;1-15(2,3)20-14(19)16(4)12(13(17)18)10-11-8-6-5-7-9-11;1-4-6(2,3)5(7)8/h9-23,30-32H,24-26H2,1-8H3,(H,38,41);6-20,27-29H,21-23H2,1-5H3,(H,35,38)(H,40,41);5-9,12H,10H2,1-4H3,(H,17,18);4H2,1-3H3/t30-,31-,32-;27-,28-,29-;12-;/m000./s1. The zero-order valence-electron chi connectivity index (χ0n) is 72.0. The Kier molecular flexibility index (Phi) is 39.2. The molecule has 0 bridgehead atoms. The lowest BCUT2D eigenvalue weighted by Crippen LogP contribution is -2.58. The quantitative estimate of drug-likeness (QED) is 0.0178. The van der Waals surface area contributed by atoms with Crippen LogP contribution >= 0.6 is 11.6 Å². The summed E-state index contributed by atoms with van der Waals surface area (Å²) in [6, 6.07) is 57.7. The molecule has 118 heavy (non-hydrogen) atoms. The van der Waals surface area contributed by atoms with Crippen molar-refractivity contribution in [2.24, 2.45) is 5.41 Å². The molecule has 0 aliphatic carbocycles. The number of halogens is 1. The third kappa shape index (κ3) is 35.7. The van der Waals surface area contributed by atoms with Crippen molar-refractivity contribution in [3.8, 4) is 0 Å². The van der Waals surface area contributed by atoms with Gasteiger partial charge >= 0.3 is 36.2 Å².